The van der Waals surface area contributed by atoms with Crippen LogP contribution < -0.4 is 0 Å². The van der Waals surface area contributed by atoms with E-state index in [4.69, 9.17) is 13.6 Å². The molecule has 7 heteroatoms. The first-order chi connectivity index (χ1) is 9.95. The van der Waals surface area contributed by atoms with Gasteiger partial charge in [-0.25, -0.2) is 0 Å². The lowest BCUT2D eigenvalue weighted by atomic mass is 10.1. The van der Waals surface area contributed by atoms with E-state index in [-0.39, 0.29) is 24.2 Å². The fraction of sp³-hybridized carbons (Fsp3) is 0.857. The normalized spacial score (nSPS) is 19.1. The molecule has 0 aromatic heterocycles. The monoisotopic (exact) mass is 317 g/mol. The standard InChI is InChI=1S/C14H27NO5Si/c1-5-19-21(4,20-6-2)9-7-8-15-11-12(10-13(15)16)14(17)18-3/h12H,5-11H2,1-4H3. The number of carbonyl (C=O) groups is 2. The molecule has 6 nitrogen and oxygen atoms in total. The minimum atomic E-state index is -2.12. The molecule has 0 saturated carbocycles. The van der Waals surface area contributed by atoms with E-state index in [9.17, 15) is 9.59 Å². The van der Waals surface area contributed by atoms with Crippen molar-refractivity contribution in [2.75, 3.05) is 33.4 Å². The summed E-state index contributed by atoms with van der Waals surface area (Å²) in [6, 6.07) is 0.849. The molecule has 1 amide bonds. The Morgan fingerprint density at radius 2 is 1.95 bits per heavy atom. The Balaban J connectivity index is 2.41. The smallest absolute Gasteiger partial charge is 0.334 e. The van der Waals surface area contributed by atoms with Gasteiger partial charge in [-0.15, -0.1) is 0 Å². The number of nitrogens with zero attached hydrogens (tertiary/aromatic N) is 1. The Kier molecular flexibility index (Phi) is 7.34. The van der Waals surface area contributed by atoms with Crippen LogP contribution in [0.5, 0.6) is 0 Å². The van der Waals surface area contributed by atoms with Gasteiger partial charge in [-0.2, -0.15) is 0 Å². The summed E-state index contributed by atoms with van der Waals surface area (Å²) in [5.41, 5.74) is 0. The van der Waals surface area contributed by atoms with Gasteiger partial charge in [-0.3, -0.25) is 9.59 Å². The van der Waals surface area contributed by atoms with Gasteiger partial charge in [0.2, 0.25) is 5.91 Å². The maximum absolute atomic E-state index is 11.9. The van der Waals surface area contributed by atoms with Crippen LogP contribution in [0.25, 0.3) is 0 Å². The Hall–Kier alpha value is -0.923. The van der Waals surface area contributed by atoms with Gasteiger partial charge in [0.25, 0.3) is 0 Å². The van der Waals surface area contributed by atoms with E-state index in [1.54, 1.807) is 4.90 Å². The van der Waals surface area contributed by atoms with Crippen molar-refractivity contribution in [3.8, 4) is 0 Å². The zero-order valence-corrected chi connectivity index (χ0v) is 14.5. The van der Waals surface area contributed by atoms with E-state index in [2.05, 4.69) is 6.55 Å². The van der Waals surface area contributed by atoms with Crippen LogP contribution in [0, 0.1) is 5.92 Å². The topological polar surface area (TPSA) is 65.1 Å². The molecule has 1 saturated heterocycles. The number of rotatable bonds is 9. The second kappa shape index (κ2) is 8.50. The van der Waals surface area contributed by atoms with Gasteiger partial charge in [0.1, 0.15) is 0 Å². The summed E-state index contributed by atoms with van der Waals surface area (Å²) in [6.07, 6.45) is 1.10. The molecule has 1 aliphatic rings. The lowest BCUT2D eigenvalue weighted by Gasteiger charge is -2.27. The molecule has 0 aromatic carbocycles. The van der Waals surface area contributed by atoms with Crippen LogP contribution in [0.3, 0.4) is 0 Å². The molecule has 1 aliphatic heterocycles. The average Bonchev–Trinajstić information content (AvgIpc) is 2.80. The molecule has 122 valence electrons. The summed E-state index contributed by atoms with van der Waals surface area (Å²) in [6.45, 7) is 8.40. The van der Waals surface area contributed by atoms with Crippen LogP contribution in [0.2, 0.25) is 12.6 Å². The summed E-state index contributed by atoms with van der Waals surface area (Å²) in [4.78, 5) is 25.1. The highest BCUT2D eigenvalue weighted by Gasteiger charge is 2.36. The molecule has 1 heterocycles. The van der Waals surface area contributed by atoms with Crippen molar-refractivity contribution in [3.63, 3.8) is 0 Å². The lowest BCUT2D eigenvalue weighted by molar-refractivity contribution is -0.145. The SMILES string of the molecule is CCO[Si](C)(CCCN1CC(C(=O)OC)CC1=O)OCC. The molecule has 1 atom stereocenters. The Labute approximate surface area is 128 Å². The van der Waals surface area contributed by atoms with E-state index in [0.717, 1.165) is 12.5 Å². The third-order valence-corrected chi connectivity index (χ3v) is 6.77. The maximum Gasteiger partial charge on any atom is 0.334 e. The van der Waals surface area contributed by atoms with Crippen LogP contribution in [0.15, 0.2) is 0 Å². The fourth-order valence-electron chi connectivity index (χ4n) is 2.70. The Bertz CT molecular complexity index is 357. The van der Waals surface area contributed by atoms with Gasteiger partial charge in [0.15, 0.2) is 0 Å². The minimum Gasteiger partial charge on any atom is -0.469 e. The van der Waals surface area contributed by atoms with Crippen molar-refractivity contribution in [2.24, 2.45) is 5.92 Å². The van der Waals surface area contributed by atoms with Gasteiger partial charge < -0.3 is 18.5 Å². The molecule has 21 heavy (non-hydrogen) atoms. The molecule has 0 N–H and O–H groups in total. The van der Waals surface area contributed by atoms with Crippen LogP contribution in [0.4, 0.5) is 0 Å². The van der Waals surface area contributed by atoms with Crippen molar-refractivity contribution in [1.82, 2.24) is 4.90 Å². The van der Waals surface area contributed by atoms with Crippen molar-refractivity contribution < 1.29 is 23.2 Å². The zero-order valence-electron chi connectivity index (χ0n) is 13.5. The highest BCUT2D eigenvalue weighted by atomic mass is 28.4. The van der Waals surface area contributed by atoms with Crippen molar-refractivity contribution in [2.45, 2.75) is 39.3 Å². The van der Waals surface area contributed by atoms with E-state index < -0.39 is 8.56 Å². The fourth-order valence-corrected chi connectivity index (χ4v) is 5.09. The van der Waals surface area contributed by atoms with Crippen LogP contribution >= 0.6 is 0 Å². The number of hydrogen-bond donors (Lipinski definition) is 0. The van der Waals surface area contributed by atoms with E-state index >= 15 is 0 Å². The molecule has 1 rings (SSSR count). The number of hydrogen-bond acceptors (Lipinski definition) is 5. The number of ether oxygens (including phenoxy) is 1. The largest absolute Gasteiger partial charge is 0.469 e. The number of amides is 1. The molecule has 0 aromatic rings. The highest BCUT2D eigenvalue weighted by Crippen LogP contribution is 2.21. The van der Waals surface area contributed by atoms with E-state index in [1.807, 2.05) is 13.8 Å². The van der Waals surface area contributed by atoms with Crippen LogP contribution in [-0.4, -0.2) is 58.8 Å². The zero-order chi connectivity index (χ0) is 15.9. The van der Waals surface area contributed by atoms with Gasteiger partial charge in [0, 0.05) is 32.7 Å². The van der Waals surface area contributed by atoms with Gasteiger partial charge in [-0.05, 0) is 32.9 Å². The van der Waals surface area contributed by atoms with E-state index in [0.29, 0.717) is 26.3 Å². The van der Waals surface area contributed by atoms with Gasteiger partial charge in [-0.1, -0.05) is 0 Å². The van der Waals surface area contributed by atoms with Crippen LogP contribution in [0.1, 0.15) is 26.7 Å². The molecule has 0 aliphatic carbocycles. The molecule has 0 bridgehead atoms. The average molecular weight is 317 g/mol. The van der Waals surface area contributed by atoms with Gasteiger partial charge in [0.05, 0.1) is 13.0 Å². The second-order valence-corrected chi connectivity index (χ2v) is 8.71. The maximum atomic E-state index is 11.9. The predicted octanol–water partition coefficient (Wildman–Crippen LogP) is 1.54. The Morgan fingerprint density at radius 3 is 2.48 bits per heavy atom. The first kappa shape index (κ1) is 18.1. The molecular weight excluding hydrogens is 290 g/mol. The highest BCUT2D eigenvalue weighted by molar-refractivity contribution is 6.66. The first-order valence-corrected chi connectivity index (χ1v) is 10.1. The summed E-state index contributed by atoms with van der Waals surface area (Å²) in [5, 5.41) is 0. The molecule has 1 fully saturated rings. The molecule has 1 unspecified atom stereocenters. The molecule has 0 spiro atoms. The Morgan fingerprint density at radius 1 is 1.33 bits per heavy atom. The predicted molar refractivity (Wildman–Crippen MR) is 81.0 cm³/mol. The van der Waals surface area contributed by atoms with Crippen molar-refractivity contribution in [1.29, 1.82) is 0 Å². The molecule has 0 radical (unpaired) electrons. The van der Waals surface area contributed by atoms with Gasteiger partial charge >= 0.3 is 14.5 Å². The number of methoxy groups -OCH3 is 1. The summed E-state index contributed by atoms with van der Waals surface area (Å²) < 4.78 is 16.3. The first-order valence-electron chi connectivity index (χ1n) is 7.59. The quantitative estimate of drug-likeness (QED) is 0.477. The minimum absolute atomic E-state index is 0.0292. The third kappa shape index (κ3) is 5.41. The summed E-state index contributed by atoms with van der Waals surface area (Å²) in [5.74, 6) is -0.583. The lowest BCUT2D eigenvalue weighted by Crippen LogP contribution is -2.39. The van der Waals surface area contributed by atoms with Crippen molar-refractivity contribution >= 4 is 20.4 Å². The number of carbonyl (C=O) groups excluding carboxylic acids is 2. The number of likely N-dealkylation sites (tertiary alicyclic amines) is 1. The number of esters is 1. The molecular formula is C14H27NO5Si. The van der Waals surface area contributed by atoms with Crippen LogP contribution in [-0.2, 0) is 23.2 Å². The van der Waals surface area contributed by atoms with E-state index in [1.165, 1.54) is 7.11 Å². The summed E-state index contributed by atoms with van der Waals surface area (Å²) in [7, 11) is -0.761. The summed E-state index contributed by atoms with van der Waals surface area (Å²) >= 11 is 0. The third-order valence-electron chi connectivity index (χ3n) is 3.71. The van der Waals surface area contributed by atoms with Crippen molar-refractivity contribution in [3.05, 3.63) is 0 Å². The second-order valence-electron chi connectivity index (χ2n) is 5.37.